The molecular formula is C17H23NS. The van der Waals surface area contributed by atoms with Crippen molar-refractivity contribution in [2.45, 2.75) is 33.2 Å². The third-order valence-corrected chi connectivity index (χ3v) is 4.33. The van der Waals surface area contributed by atoms with Crippen LogP contribution in [-0.4, -0.2) is 7.05 Å². The van der Waals surface area contributed by atoms with E-state index >= 15 is 0 Å². The van der Waals surface area contributed by atoms with Crippen LogP contribution in [0.25, 0.3) is 0 Å². The van der Waals surface area contributed by atoms with Gasteiger partial charge in [0.25, 0.3) is 0 Å². The van der Waals surface area contributed by atoms with Gasteiger partial charge >= 0.3 is 0 Å². The molecule has 0 spiro atoms. The van der Waals surface area contributed by atoms with E-state index in [0.717, 1.165) is 6.42 Å². The SMILES string of the molecule is CNC(c1cccc(CC(C)C)c1)c1ccc(C)s1. The quantitative estimate of drug-likeness (QED) is 0.842. The molecule has 0 aliphatic heterocycles. The van der Waals surface area contributed by atoms with Crippen molar-refractivity contribution in [1.29, 1.82) is 0 Å². The predicted octanol–water partition coefficient (Wildman–Crippen LogP) is 4.56. The molecule has 102 valence electrons. The maximum atomic E-state index is 3.44. The highest BCUT2D eigenvalue weighted by Crippen LogP contribution is 2.28. The second-order valence-electron chi connectivity index (χ2n) is 5.51. The number of hydrogen-bond donors (Lipinski definition) is 1. The number of thiophene rings is 1. The van der Waals surface area contributed by atoms with E-state index in [0.29, 0.717) is 12.0 Å². The zero-order chi connectivity index (χ0) is 13.8. The Labute approximate surface area is 120 Å². The second-order valence-corrected chi connectivity index (χ2v) is 6.83. The largest absolute Gasteiger partial charge is 0.309 e. The molecule has 0 bridgehead atoms. The predicted molar refractivity (Wildman–Crippen MR) is 84.9 cm³/mol. The molecule has 19 heavy (non-hydrogen) atoms. The van der Waals surface area contributed by atoms with Crippen molar-refractivity contribution in [1.82, 2.24) is 5.32 Å². The van der Waals surface area contributed by atoms with Gasteiger partial charge in [0.1, 0.15) is 0 Å². The minimum atomic E-state index is 0.311. The first-order valence-corrected chi connectivity index (χ1v) is 7.74. The van der Waals surface area contributed by atoms with Crippen LogP contribution in [-0.2, 0) is 6.42 Å². The topological polar surface area (TPSA) is 12.0 Å². The van der Waals surface area contributed by atoms with Gasteiger partial charge in [-0.25, -0.2) is 0 Å². The number of rotatable bonds is 5. The van der Waals surface area contributed by atoms with Crippen LogP contribution in [0.5, 0.6) is 0 Å². The fraction of sp³-hybridized carbons (Fsp3) is 0.412. The van der Waals surface area contributed by atoms with Crippen LogP contribution in [0.15, 0.2) is 36.4 Å². The molecule has 0 aliphatic carbocycles. The molecule has 2 aromatic rings. The molecule has 0 radical (unpaired) electrons. The minimum Gasteiger partial charge on any atom is -0.309 e. The third kappa shape index (κ3) is 3.68. The Morgan fingerprint density at radius 2 is 1.95 bits per heavy atom. The summed E-state index contributed by atoms with van der Waals surface area (Å²) in [4.78, 5) is 2.76. The summed E-state index contributed by atoms with van der Waals surface area (Å²) in [6, 6.07) is 13.7. The number of benzene rings is 1. The van der Waals surface area contributed by atoms with Crippen molar-refractivity contribution >= 4 is 11.3 Å². The number of nitrogens with one attached hydrogen (secondary N) is 1. The Kier molecular flexibility index (Phi) is 4.78. The average Bonchev–Trinajstić information content (AvgIpc) is 2.76. The fourth-order valence-electron chi connectivity index (χ4n) is 2.45. The lowest BCUT2D eigenvalue weighted by molar-refractivity contribution is 0.644. The molecule has 1 aromatic carbocycles. The summed E-state index contributed by atoms with van der Waals surface area (Å²) in [5.74, 6) is 0.701. The molecular weight excluding hydrogens is 250 g/mol. The molecule has 1 atom stereocenters. The van der Waals surface area contributed by atoms with Crippen molar-refractivity contribution in [2.75, 3.05) is 7.05 Å². The molecule has 1 N–H and O–H groups in total. The molecule has 1 heterocycles. The van der Waals surface area contributed by atoms with E-state index in [1.54, 1.807) is 0 Å². The van der Waals surface area contributed by atoms with Gasteiger partial charge in [-0.1, -0.05) is 38.1 Å². The Hall–Kier alpha value is -1.12. The molecule has 0 fully saturated rings. The van der Waals surface area contributed by atoms with E-state index in [4.69, 9.17) is 0 Å². The molecule has 0 saturated carbocycles. The van der Waals surface area contributed by atoms with Crippen LogP contribution in [0.4, 0.5) is 0 Å². The van der Waals surface area contributed by atoms with Crippen molar-refractivity contribution in [3.8, 4) is 0 Å². The Morgan fingerprint density at radius 1 is 1.16 bits per heavy atom. The standard InChI is InChI=1S/C17H23NS/c1-12(2)10-14-6-5-7-15(11-14)17(18-4)16-9-8-13(3)19-16/h5-9,11-12,17-18H,10H2,1-4H3. The average molecular weight is 273 g/mol. The van der Waals surface area contributed by atoms with Gasteiger partial charge in [-0.3, -0.25) is 0 Å². The van der Waals surface area contributed by atoms with Gasteiger partial charge in [-0.05, 0) is 49.6 Å². The lowest BCUT2D eigenvalue weighted by Gasteiger charge is -2.16. The van der Waals surface area contributed by atoms with Crippen molar-refractivity contribution in [3.63, 3.8) is 0 Å². The van der Waals surface area contributed by atoms with Gasteiger partial charge in [-0.2, -0.15) is 0 Å². The smallest absolute Gasteiger partial charge is 0.0668 e. The molecule has 0 amide bonds. The highest BCUT2D eigenvalue weighted by molar-refractivity contribution is 7.12. The van der Waals surface area contributed by atoms with Crippen LogP contribution < -0.4 is 5.32 Å². The maximum Gasteiger partial charge on any atom is 0.0668 e. The summed E-state index contributed by atoms with van der Waals surface area (Å²) in [5, 5.41) is 3.44. The Bertz CT molecular complexity index is 528. The summed E-state index contributed by atoms with van der Waals surface area (Å²) in [5.41, 5.74) is 2.79. The molecule has 0 aliphatic rings. The first-order valence-electron chi connectivity index (χ1n) is 6.92. The van der Waals surface area contributed by atoms with E-state index in [1.807, 2.05) is 18.4 Å². The summed E-state index contributed by atoms with van der Waals surface area (Å²) >= 11 is 1.87. The lowest BCUT2D eigenvalue weighted by atomic mass is 9.97. The van der Waals surface area contributed by atoms with E-state index < -0.39 is 0 Å². The third-order valence-electron chi connectivity index (χ3n) is 3.26. The Morgan fingerprint density at radius 3 is 2.53 bits per heavy atom. The fourth-order valence-corrected chi connectivity index (χ4v) is 3.47. The van der Waals surface area contributed by atoms with Gasteiger partial charge in [-0.15, -0.1) is 11.3 Å². The zero-order valence-corrected chi connectivity index (χ0v) is 13.1. The molecule has 1 nitrogen and oxygen atoms in total. The molecule has 2 heteroatoms. The molecule has 1 unspecified atom stereocenters. The number of hydrogen-bond acceptors (Lipinski definition) is 2. The van der Waals surface area contributed by atoms with Crippen LogP contribution in [0.2, 0.25) is 0 Å². The van der Waals surface area contributed by atoms with E-state index in [2.05, 4.69) is 62.5 Å². The first kappa shape index (κ1) is 14.3. The summed E-state index contributed by atoms with van der Waals surface area (Å²) < 4.78 is 0. The van der Waals surface area contributed by atoms with E-state index in [9.17, 15) is 0 Å². The summed E-state index contributed by atoms with van der Waals surface area (Å²) in [6.07, 6.45) is 1.15. The summed E-state index contributed by atoms with van der Waals surface area (Å²) in [6.45, 7) is 6.70. The van der Waals surface area contributed by atoms with Crippen molar-refractivity contribution in [2.24, 2.45) is 5.92 Å². The van der Waals surface area contributed by atoms with Gasteiger partial charge in [0, 0.05) is 9.75 Å². The van der Waals surface area contributed by atoms with Crippen molar-refractivity contribution < 1.29 is 0 Å². The number of aryl methyl sites for hydroxylation is 1. The van der Waals surface area contributed by atoms with Gasteiger partial charge in [0.05, 0.1) is 6.04 Å². The molecule has 1 aromatic heterocycles. The van der Waals surface area contributed by atoms with Gasteiger partial charge in [0.2, 0.25) is 0 Å². The van der Waals surface area contributed by atoms with Gasteiger partial charge < -0.3 is 5.32 Å². The van der Waals surface area contributed by atoms with E-state index in [-0.39, 0.29) is 0 Å². The molecule has 0 saturated heterocycles. The van der Waals surface area contributed by atoms with Crippen LogP contribution >= 0.6 is 11.3 Å². The normalized spacial score (nSPS) is 12.9. The first-order chi connectivity index (χ1) is 9.10. The molecule has 2 rings (SSSR count). The zero-order valence-electron chi connectivity index (χ0n) is 12.2. The van der Waals surface area contributed by atoms with Crippen molar-refractivity contribution in [3.05, 3.63) is 57.3 Å². The highest BCUT2D eigenvalue weighted by atomic mass is 32.1. The van der Waals surface area contributed by atoms with E-state index in [1.165, 1.54) is 20.9 Å². The monoisotopic (exact) mass is 273 g/mol. The van der Waals surface area contributed by atoms with Gasteiger partial charge in [0.15, 0.2) is 0 Å². The maximum absolute atomic E-state index is 3.44. The highest BCUT2D eigenvalue weighted by Gasteiger charge is 2.14. The van der Waals surface area contributed by atoms with Crippen LogP contribution in [0.1, 0.15) is 40.8 Å². The van der Waals surface area contributed by atoms with Crippen LogP contribution in [0, 0.1) is 12.8 Å². The second kappa shape index (κ2) is 6.36. The minimum absolute atomic E-state index is 0.311. The lowest BCUT2D eigenvalue weighted by Crippen LogP contribution is -2.16. The Balaban J connectivity index is 2.28. The van der Waals surface area contributed by atoms with Crippen LogP contribution in [0.3, 0.4) is 0 Å². The summed E-state index contributed by atoms with van der Waals surface area (Å²) in [7, 11) is 2.04.